The number of amides is 1. The van der Waals surface area contributed by atoms with Crippen LogP contribution < -0.4 is 4.90 Å². The molecule has 27 heavy (non-hydrogen) atoms. The van der Waals surface area contributed by atoms with Crippen LogP contribution in [0.2, 0.25) is 0 Å². The summed E-state index contributed by atoms with van der Waals surface area (Å²) < 4.78 is 0.363. The number of carboxylic acids is 1. The number of carbonyl (C=O) groups is 2. The molecule has 132 valence electrons. The van der Waals surface area contributed by atoms with Crippen LogP contribution >= 0.6 is 24.0 Å². The van der Waals surface area contributed by atoms with Crippen molar-refractivity contribution in [3.63, 3.8) is 0 Å². The second-order valence-corrected chi connectivity index (χ2v) is 7.47. The molecule has 7 heteroatoms. The molecule has 0 bridgehead atoms. The van der Waals surface area contributed by atoms with E-state index in [9.17, 15) is 14.7 Å². The minimum Gasteiger partial charge on any atom is -0.478 e. The number of rotatable bonds is 3. The summed E-state index contributed by atoms with van der Waals surface area (Å²) in [5, 5.41) is 10.2. The first-order chi connectivity index (χ1) is 13.0. The monoisotopic (exact) mass is 392 g/mol. The van der Waals surface area contributed by atoms with Gasteiger partial charge in [-0.15, -0.1) is 0 Å². The zero-order valence-corrected chi connectivity index (χ0v) is 15.5. The number of benzene rings is 2. The van der Waals surface area contributed by atoms with Gasteiger partial charge in [-0.1, -0.05) is 54.3 Å². The number of fused-ring (bicyclic) bond motifs is 1. The Hall–Kier alpha value is -3.03. The van der Waals surface area contributed by atoms with E-state index in [1.165, 1.54) is 28.8 Å². The minimum absolute atomic E-state index is 0.101. The Bertz CT molecular complexity index is 1140. The van der Waals surface area contributed by atoms with E-state index in [4.69, 9.17) is 12.2 Å². The molecular formula is C20H12N2O3S2. The van der Waals surface area contributed by atoms with Gasteiger partial charge in [0.15, 0.2) is 4.32 Å². The van der Waals surface area contributed by atoms with E-state index in [2.05, 4.69) is 4.98 Å². The van der Waals surface area contributed by atoms with Gasteiger partial charge >= 0.3 is 5.97 Å². The number of hydrogen-bond acceptors (Lipinski definition) is 5. The van der Waals surface area contributed by atoms with Gasteiger partial charge in [-0.05, 0) is 30.3 Å². The molecule has 0 aliphatic carbocycles. The summed E-state index contributed by atoms with van der Waals surface area (Å²) in [6.45, 7) is 0. The highest BCUT2D eigenvalue weighted by Crippen LogP contribution is 2.36. The fraction of sp³-hybridized carbons (Fsp3) is 0. The summed E-state index contributed by atoms with van der Waals surface area (Å²) in [6.07, 6.45) is 3.48. The van der Waals surface area contributed by atoms with Gasteiger partial charge in [0.2, 0.25) is 0 Å². The van der Waals surface area contributed by atoms with E-state index >= 15 is 0 Å². The average Bonchev–Trinajstić information content (AvgIpc) is 2.95. The molecule has 3 aromatic rings. The largest absolute Gasteiger partial charge is 0.478 e. The number of carbonyl (C=O) groups excluding carboxylic acids is 1. The van der Waals surface area contributed by atoms with E-state index in [1.54, 1.807) is 24.4 Å². The summed E-state index contributed by atoms with van der Waals surface area (Å²) in [7, 11) is 0. The van der Waals surface area contributed by atoms with Crippen molar-refractivity contribution in [1.82, 2.24) is 4.98 Å². The van der Waals surface area contributed by atoms with Crippen LogP contribution in [-0.2, 0) is 4.79 Å². The van der Waals surface area contributed by atoms with Gasteiger partial charge in [-0.3, -0.25) is 14.7 Å². The normalized spacial score (nSPS) is 15.7. The lowest BCUT2D eigenvalue weighted by molar-refractivity contribution is -0.113. The van der Waals surface area contributed by atoms with Gasteiger partial charge in [0.05, 0.1) is 21.7 Å². The van der Waals surface area contributed by atoms with Crippen LogP contribution in [0.15, 0.2) is 65.7 Å². The fourth-order valence-electron chi connectivity index (χ4n) is 2.85. The van der Waals surface area contributed by atoms with Crippen LogP contribution in [0.1, 0.15) is 15.9 Å². The van der Waals surface area contributed by atoms with Crippen molar-refractivity contribution < 1.29 is 14.7 Å². The van der Waals surface area contributed by atoms with Gasteiger partial charge in [-0.2, -0.15) is 0 Å². The van der Waals surface area contributed by atoms with Crippen LogP contribution in [0.25, 0.3) is 17.0 Å². The minimum atomic E-state index is -1.06. The second-order valence-electron chi connectivity index (χ2n) is 5.79. The van der Waals surface area contributed by atoms with Crippen LogP contribution in [0, 0.1) is 0 Å². The predicted molar refractivity (Wildman–Crippen MR) is 111 cm³/mol. The number of pyridine rings is 1. The third-order valence-electron chi connectivity index (χ3n) is 4.10. The van der Waals surface area contributed by atoms with Crippen molar-refractivity contribution in [2.75, 3.05) is 4.90 Å². The molecule has 1 aliphatic rings. The van der Waals surface area contributed by atoms with Crippen molar-refractivity contribution >= 4 is 62.8 Å². The van der Waals surface area contributed by atoms with Gasteiger partial charge in [-0.25, -0.2) is 4.79 Å². The maximum absolute atomic E-state index is 12.9. The number of aromatic carboxylic acids is 1. The lowest BCUT2D eigenvalue weighted by Gasteiger charge is -2.14. The predicted octanol–water partition coefficient (Wildman–Crippen LogP) is 4.34. The van der Waals surface area contributed by atoms with Crippen molar-refractivity contribution in [3.8, 4) is 0 Å². The summed E-state index contributed by atoms with van der Waals surface area (Å²) in [5.74, 6) is -1.33. The molecule has 4 rings (SSSR count). The second kappa shape index (κ2) is 6.94. The van der Waals surface area contributed by atoms with Crippen LogP contribution in [0.4, 0.5) is 5.69 Å². The molecule has 0 spiro atoms. The number of thioether (sulfide) groups is 1. The van der Waals surface area contributed by atoms with E-state index in [1.807, 2.05) is 30.3 Å². The molecule has 0 saturated carbocycles. The molecule has 1 N–H and O–H groups in total. The fourth-order valence-corrected chi connectivity index (χ4v) is 4.14. The Morgan fingerprint density at radius 3 is 2.74 bits per heavy atom. The number of para-hydroxylation sites is 1. The summed E-state index contributed by atoms with van der Waals surface area (Å²) in [4.78, 5) is 30.3. The topological polar surface area (TPSA) is 70.5 Å². The van der Waals surface area contributed by atoms with Crippen molar-refractivity contribution in [3.05, 3.63) is 76.8 Å². The SMILES string of the molecule is O=C(O)c1cccc(N2C(=O)C(=Cc3cccc4cccnc34)SC2=S)c1. The molecule has 1 saturated heterocycles. The molecule has 1 aromatic heterocycles. The number of hydrogen-bond donors (Lipinski definition) is 1. The first kappa shape index (κ1) is 17.4. The Kier molecular flexibility index (Phi) is 4.47. The third-order valence-corrected chi connectivity index (χ3v) is 5.40. The highest BCUT2D eigenvalue weighted by atomic mass is 32.2. The Morgan fingerprint density at radius 1 is 1.15 bits per heavy atom. The first-order valence-corrected chi connectivity index (χ1v) is 9.22. The molecular weight excluding hydrogens is 380 g/mol. The van der Waals surface area contributed by atoms with Crippen molar-refractivity contribution in [2.24, 2.45) is 0 Å². The van der Waals surface area contributed by atoms with E-state index in [0.29, 0.717) is 14.9 Å². The van der Waals surface area contributed by atoms with Crippen LogP contribution in [-0.4, -0.2) is 26.3 Å². The highest BCUT2D eigenvalue weighted by molar-refractivity contribution is 8.27. The molecule has 0 unspecified atom stereocenters. The smallest absolute Gasteiger partial charge is 0.335 e. The van der Waals surface area contributed by atoms with E-state index < -0.39 is 5.97 Å². The third kappa shape index (κ3) is 3.22. The number of carboxylic acid groups (broad SMARTS) is 1. The maximum atomic E-state index is 12.9. The zero-order chi connectivity index (χ0) is 19.0. The number of aromatic nitrogens is 1. The van der Waals surface area contributed by atoms with Crippen molar-refractivity contribution in [2.45, 2.75) is 0 Å². The number of anilines is 1. The van der Waals surface area contributed by atoms with Crippen LogP contribution in [0.5, 0.6) is 0 Å². The molecule has 0 atom stereocenters. The van der Waals surface area contributed by atoms with Gasteiger partial charge in [0, 0.05) is 17.1 Å². The number of thiocarbonyl (C=S) groups is 1. The van der Waals surface area contributed by atoms with Gasteiger partial charge in [0.25, 0.3) is 5.91 Å². The van der Waals surface area contributed by atoms with Gasteiger partial charge in [0.1, 0.15) is 0 Å². The Labute approximate surface area is 164 Å². The lowest BCUT2D eigenvalue weighted by Crippen LogP contribution is -2.27. The molecule has 2 heterocycles. The molecule has 2 aromatic carbocycles. The maximum Gasteiger partial charge on any atom is 0.335 e. The molecule has 1 fully saturated rings. The van der Waals surface area contributed by atoms with E-state index in [0.717, 1.165) is 16.5 Å². The van der Waals surface area contributed by atoms with Crippen molar-refractivity contribution in [1.29, 1.82) is 0 Å². The molecule has 1 aliphatic heterocycles. The molecule has 1 amide bonds. The molecule has 5 nitrogen and oxygen atoms in total. The lowest BCUT2D eigenvalue weighted by atomic mass is 10.1. The van der Waals surface area contributed by atoms with Crippen LogP contribution in [0.3, 0.4) is 0 Å². The summed E-state index contributed by atoms with van der Waals surface area (Å²) in [5.41, 5.74) is 2.17. The zero-order valence-electron chi connectivity index (χ0n) is 13.8. The average molecular weight is 392 g/mol. The van der Waals surface area contributed by atoms with Gasteiger partial charge < -0.3 is 5.11 Å². The highest BCUT2D eigenvalue weighted by Gasteiger charge is 2.33. The quantitative estimate of drug-likeness (QED) is 0.528. The summed E-state index contributed by atoms with van der Waals surface area (Å²) >= 11 is 6.55. The Morgan fingerprint density at radius 2 is 1.93 bits per heavy atom. The molecule has 0 radical (unpaired) electrons. The Balaban J connectivity index is 1.74. The summed E-state index contributed by atoms with van der Waals surface area (Å²) in [6, 6.07) is 15.8. The number of nitrogens with zero attached hydrogens (tertiary/aromatic N) is 2. The first-order valence-electron chi connectivity index (χ1n) is 7.99. The standard InChI is InChI=1S/C20H12N2O3S2/c23-18-16(11-13-5-1-4-12-7-3-9-21-17(12)13)27-20(26)22(18)15-8-2-6-14(10-15)19(24)25/h1-11H,(H,24,25). The van der Waals surface area contributed by atoms with E-state index in [-0.39, 0.29) is 11.5 Å².